The highest BCUT2D eigenvalue weighted by Gasteiger charge is 2.39. The van der Waals surface area contributed by atoms with E-state index in [0.717, 1.165) is 19.3 Å². The molecule has 0 bridgehead atoms. The SMILES string of the molecule is CCCC1CC1NS(=O)(=O)c1ccnc(NN)c1. The third kappa shape index (κ3) is 2.98. The van der Waals surface area contributed by atoms with E-state index < -0.39 is 10.0 Å². The van der Waals surface area contributed by atoms with Gasteiger partial charge in [-0.05, 0) is 24.8 Å². The molecular weight excluding hydrogens is 252 g/mol. The van der Waals surface area contributed by atoms with E-state index in [1.54, 1.807) is 0 Å². The van der Waals surface area contributed by atoms with E-state index in [0.29, 0.717) is 11.7 Å². The zero-order valence-corrected chi connectivity index (χ0v) is 11.1. The molecule has 7 heteroatoms. The normalized spacial score (nSPS) is 22.8. The van der Waals surface area contributed by atoms with Crippen LogP contribution in [0.15, 0.2) is 23.2 Å². The number of aromatic nitrogens is 1. The summed E-state index contributed by atoms with van der Waals surface area (Å²) in [5.74, 6) is 6.03. The fourth-order valence-electron chi connectivity index (χ4n) is 2.01. The molecule has 1 heterocycles. The van der Waals surface area contributed by atoms with Gasteiger partial charge in [0.1, 0.15) is 5.82 Å². The summed E-state index contributed by atoms with van der Waals surface area (Å²) in [5, 5.41) is 0. The molecule has 18 heavy (non-hydrogen) atoms. The van der Waals surface area contributed by atoms with Crippen LogP contribution in [-0.4, -0.2) is 19.4 Å². The number of rotatable bonds is 6. The Balaban J connectivity index is 2.07. The van der Waals surface area contributed by atoms with Crippen LogP contribution in [0.1, 0.15) is 26.2 Å². The molecule has 0 radical (unpaired) electrons. The van der Waals surface area contributed by atoms with Crippen molar-refractivity contribution < 1.29 is 8.42 Å². The van der Waals surface area contributed by atoms with E-state index in [-0.39, 0.29) is 10.9 Å². The van der Waals surface area contributed by atoms with Crippen molar-refractivity contribution in [3.05, 3.63) is 18.3 Å². The molecule has 1 saturated carbocycles. The van der Waals surface area contributed by atoms with Gasteiger partial charge < -0.3 is 5.43 Å². The van der Waals surface area contributed by atoms with Crippen LogP contribution in [0.5, 0.6) is 0 Å². The van der Waals surface area contributed by atoms with Crippen LogP contribution in [0.2, 0.25) is 0 Å². The number of nitrogen functional groups attached to an aromatic ring is 1. The Morgan fingerprint density at radius 2 is 2.33 bits per heavy atom. The average Bonchev–Trinajstić information content (AvgIpc) is 3.07. The van der Waals surface area contributed by atoms with Gasteiger partial charge in [-0.25, -0.2) is 24.0 Å². The summed E-state index contributed by atoms with van der Waals surface area (Å²) in [6.07, 6.45) is 4.50. The maximum Gasteiger partial charge on any atom is 0.241 e. The quantitative estimate of drug-likeness (QED) is 0.525. The minimum absolute atomic E-state index is 0.0809. The predicted octanol–water partition coefficient (Wildman–Crippen LogP) is 0.834. The molecule has 1 aromatic heterocycles. The molecular formula is C11H18N4O2S. The Bertz CT molecular complexity index is 518. The van der Waals surface area contributed by atoms with E-state index in [1.807, 2.05) is 0 Å². The Kier molecular flexibility index (Phi) is 3.84. The lowest BCUT2D eigenvalue weighted by Crippen LogP contribution is -2.27. The van der Waals surface area contributed by atoms with Gasteiger partial charge in [0.25, 0.3) is 0 Å². The largest absolute Gasteiger partial charge is 0.308 e. The van der Waals surface area contributed by atoms with Crippen molar-refractivity contribution in [2.45, 2.75) is 37.1 Å². The zero-order chi connectivity index (χ0) is 13.2. The number of sulfonamides is 1. The van der Waals surface area contributed by atoms with Gasteiger partial charge in [0.2, 0.25) is 10.0 Å². The lowest BCUT2D eigenvalue weighted by molar-refractivity contribution is 0.573. The number of anilines is 1. The summed E-state index contributed by atoms with van der Waals surface area (Å²) < 4.78 is 26.9. The van der Waals surface area contributed by atoms with E-state index in [1.165, 1.54) is 18.3 Å². The van der Waals surface area contributed by atoms with Crippen LogP contribution in [-0.2, 0) is 10.0 Å². The Labute approximate surface area is 107 Å². The highest BCUT2D eigenvalue weighted by molar-refractivity contribution is 7.89. The van der Waals surface area contributed by atoms with Crippen molar-refractivity contribution in [1.29, 1.82) is 0 Å². The van der Waals surface area contributed by atoms with Crippen LogP contribution in [0.4, 0.5) is 5.82 Å². The zero-order valence-electron chi connectivity index (χ0n) is 10.3. The third-order valence-electron chi connectivity index (χ3n) is 3.08. The van der Waals surface area contributed by atoms with Crippen LogP contribution in [0, 0.1) is 5.92 Å². The highest BCUT2D eigenvalue weighted by Crippen LogP contribution is 2.35. The molecule has 0 amide bonds. The first-order valence-corrected chi connectivity index (χ1v) is 7.50. The van der Waals surface area contributed by atoms with E-state index in [4.69, 9.17) is 5.84 Å². The molecule has 2 atom stereocenters. The average molecular weight is 270 g/mol. The monoisotopic (exact) mass is 270 g/mol. The smallest absolute Gasteiger partial charge is 0.241 e. The second kappa shape index (κ2) is 5.21. The van der Waals surface area contributed by atoms with Gasteiger partial charge in [0.15, 0.2) is 0 Å². The third-order valence-corrected chi connectivity index (χ3v) is 4.57. The first-order chi connectivity index (χ1) is 8.56. The van der Waals surface area contributed by atoms with Gasteiger partial charge >= 0.3 is 0 Å². The van der Waals surface area contributed by atoms with Gasteiger partial charge in [-0.2, -0.15) is 0 Å². The van der Waals surface area contributed by atoms with Gasteiger partial charge in [0, 0.05) is 18.3 Å². The Morgan fingerprint density at radius 1 is 1.56 bits per heavy atom. The molecule has 1 aromatic rings. The van der Waals surface area contributed by atoms with Crippen LogP contribution in [0.25, 0.3) is 0 Å². The molecule has 1 aliphatic carbocycles. The number of hydrogen-bond acceptors (Lipinski definition) is 5. The predicted molar refractivity (Wildman–Crippen MR) is 69.2 cm³/mol. The number of hydrazine groups is 1. The van der Waals surface area contributed by atoms with E-state index >= 15 is 0 Å². The number of pyridine rings is 1. The first kappa shape index (κ1) is 13.3. The van der Waals surface area contributed by atoms with Crippen molar-refractivity contribution in [1.82, 2.24) is 9.71 Å². The highest BCUT2D eigenvalue weighted by atomic mass is 32.2. The summed E-state index contributed by atoms with van der Waals surface area (Å²) in [6.45, 7) is 2.10. The van der Waals surface area contributed by atoms with Gasteiger partial charge in [0.05, 0.1) is 4.90 Å². The van der Waals surface area contributed by atoms with Crippen molar-refractivity contribution >= 4 is 15.8 Å². The van der Waals surface area contributed by atoms with Crippen LogP contribution >= 0.6 is 0 Å². The maximum atomic E-state index is 12.1. The summed E-state index contributed by atoms with van der Waals surface area (Å²) in [5.41, 5.74) is 2.33. The standard InChI is InChI=1S/C11H18N4O2S/c1-2-3-8-6-10(8)15-18(16,17)9-4-5-13-11(7-9)14-12/h4-5,7-8,10,15H,2-3,6,12H2,1H3,(H,13,14). The van der Waals surface area contributed by atoms with E-state index in [9.17, 15) is 8.42 Å². The van der Waals surface area contributed by atoms with Crippen molar-refractivity contribution in [2.24, 2.45) is 11.8 Å². The summed E-state index contributed by atoms with van der Waals surface area (Å²) in [7, 11) is -3.47. The number of nitrogens with two attached hydrogens (primary N) is 1. The summed E-state index contributed by atoms with van der Waals surface area (Å²) >= 11 is 0. The van der Waals surface area contributed by atoms with Crippen LogP contribution in [0.3, 0.4) is 0 Å². The van der Waals surface area contributed by atoms with Gasteiger partial charge in [-0.1, -0.05) is 13.3 Å². The molecule has 0 aromatic carbocycles. The molecule has 2 rings (SSSR count). The van der Waals surface area contributed by atoms with Crippen molar-refractivity contribution in [3.63, 3.8) is 0 Å². The topological polar surface area (TPSA) is 97.1 Å². The first-order valence-electron chi connectivity index (χ1n) is 6.02. The van der Waals surface area contributed by atoms with Crippen molar-refractivity contribution in [3.8, 4) is 0 Å². The molecule has 0 spiro atoms. The minimum Gasteiger partial charge on any atom is -0.308 e. The molecule has 100 valence electrons. The molecule has 0 aliphatic heterocycles. The van der Waals surface area contributed by atoms with Crippen LogP contribution < -0.4 is 16.0 Å². The lowest BCUT2D eigenvalue weighted by atomic mass is 10.2. The lowest BCUT2D eigenvalue weighted by Gasteiger charge is -2.07. The number of nitrogens with one attached hydrogen (secondary N) is 2. The second-order valence-corrected chi connectivity index (χ2v) is 6.25. The number of nitrogens with zero attached hydrogens (tertiary/aromatic N) is 1. The summed E-state index contributed by atoms with van der Waals surface area (Å²) in [4.78, 5) is 4.07. The molecule has 1 aliphatic rings. The minimum atomic E-state index is -3.47. The maximum absolute atomic E-state index is 12.1. The molecule has 0 saturated heterocycles. The fourth-order valence-corrected chi connectivity index (χ4v) is 3.34. The van der Waals surface area contributed by atoms with E-state index in [2.05, 4.69) is 22.1 Å². The molecule has 6 nitrogen and oxygen atoms in total. The van der Waals surface area contributed by atoms with Gasteiger partial charge in [-0.3, -0.25) is 0 Å². The fraction of sp³-hybridized carbons (Fsp3) is 0.545. The Morgan fingerprint density at radius 3 is 3.00 bits per heavy atom. The van der Waals surface area contributed by atoms with Gasteiger partial charge in [-0.15, -0.1) is 0 Å². The molecule has 4 N–H and O–H groups in total. The van der Waals surface area contributed by atoms with Crippen molar-refractivity contribution in [2.75, 3.05) is 5.43 Å². The Hall–Kier alpha value is -1.18. The number of hydrogen-bond donors (Lipinski definition) is 3. The second-order valence-electron chi connectivity index (χ2n) is 4.53. The molecule has 1 fully saturated rings. The molecule has 2 unspecified atom stereocenters. The summed E-state index contributed by atoms with van der Waals surface area (Å²) in [6, 6.07) is 2.96.